The van der Waals surface area contributed by atoms with Crippen LogP contribution in [0.3, 0.4) is 0 Å². The Morgan fingerprint density at radius 3 is 0.926 bits per heavy atom. The number of nitrogens with one attached hydrogen (secondary N) is 1. The molecule has 6 heteroatoms. The molecule has 402 valence electrons. The largest absolute Gasteiger partial charge is 0.394 e. The van der Waals surface area contributed by atoms with E-state index in [1.807, 2.05) is 0 Å². The van der Waals surface area contributed by atoms with Crippen LogP contribution in [0.4, 0.5) is 0 Å². The topological polar surface area (TPSA) is 110 Å². The van der Waals surface area contributed by atoms with Gasteiger partial charge >= 0.3 is 0 Å². The molecule has 0 spiro atoms. The van der Waals surface area contributed by atoms with Crippen LogP contribution in [-0.2, 0) is 4.79 Å². The predicted octanol–water partition coefficient (Wildman–Crippen LogP) is 18.0. The first-order valence-electron chi connectivity index (χ1n) is 30.4. The van der Waals surface area contributed by atoms with Crippen molar-refractivity contribution in [2.24, 2.45) is 0 Å². The number of unbranched alkanes of at least 4 members (excludes halogenated alkanes) is 41. The number of amides is 1. The summed E-state index contributed by atoms with van der Waals surface area (Å²) in [7, 11) is 0. The van der Waals surface area contributed by atoms with E-state index in [2.05, 4.69) is 55.6 Å². The molecule has 0 aliphatic carbocycles. The zero-order valence-electron chi connectivity index (χ0n) is 45.6. The predicted molar refractivity (Wildman–Crippen MR) is 297 cm³/mol. The summed E-state index contributed by atoms with van der Waals surface area (Å²) >= 11 is 0. The van der Waals surface area contributed by atoms with Gasteiger partial charge < -0.3 is 25.7 Å². The van der Waals surface area contributed by atoms with Crippen molar-refractivity contribution in [1.29, 1.82) is 0 Å². The lowest BCUT2D eigenvalue weighted by atomic mass is 10.00. The number of carbonyl (C=O) groups is 1. The van der Waals surface area contributed by atoms with Crippen molar-refractivity contribution >= 4 is 5.91 Å². The van der Waals surface area contributed by atoms with E-state index in [-0.39, 0.29) is 0 Å². The second kappa shape index (κ2) is 56.4. The SMILES string of the molecule is CCCCCCCCCCCCCC/C=C\CCCCCCCCCCCCCCC(O)C(=O)NC(CO)C(O)C(O)CCC/C=C/CC/C=C/CCCCCCCCCCCCCCCCC. The van der Waals surface area contributed by atoms with E-state index in [1.54, 1.807) is 0 Å². The minimum atomic E-state index is -1.29. The number of allylic oxidation sites excluding steroid dienone is 6. The lowest BCUT2D eigenvalue weighted by Gasteiger charge is -2.27. The molecular weight excluding hydrogens is 839 g/mol. The first-order valence-corrected chi connectivity index (χ1v) is 30.4. The fourth-order valence-corrected chi connectivity index (χ4v) is 9.54. The molecule has 4 unspecified atom stereocenters. The first kappa shape index (κ1) is 66.5. The Kier molecular flexibility index (Phi) is 55.2. The van der Waals surface area contributed by atoms with Gasteiger partial charge in [0, 0.05) is 0 Å². The highest BCUT2D eigenvalue weighted by molar-refractivity contribution is 5.80. The number of hydrogen-bond donors (Lipinski definition) is 5. The van der Waals surface area contributed by atoms with Gasteiger partial charge in [-0.25, -0.2) is 0 Å². The third-order valence-corrected chi connectivity index (χ3v) is 14.3. The molecule has 0 heterocycles. The van der Waals surface area contributed by atoms with Crippen molar-refractivity contribution in [2.45, 2.75) is 346 Å². The summed E-state index contributed by atoms with van der Waals surface area (Å²) < 4.78 is 0. The molecule has 4 atom stereocenters. The lowest BCUT2D eigenvalue weighted by Crippen LogP contribution is -2.53. The van der Waals surface area contributed by atoms with Gasteiger partial charge in [0.15, 0.2) is 0 Å². The fourth-order valence-electron chi connectivity index (χ4n) is 9.54. The second-order valence-electron chi connectivity index (χ2n) is 21.0. The van der Waals surface area contributed by atoms with Crippen LogP contribution in [0.2, 0.25) is 0 Å². The van der Waals surface area contributed by atoms with Gasteiger partial charge in [-0.15, -0.1) is 0 Å². The van der Waals surface area contributed by atoms with Crippen molar-refractivity contribution in [3.05, 3.63) is 36.5 Å². The minimum absolute atomic E-state index is 0.361. The molecule has 1 amide bonds. The van der Waals surface area contributed by atoms with E-state index in [4.69, 9.17) is 0 Å². The van der Waals surface area contributed by atoms with Gasteiger partial charge in [0.2, 0.25) is 5.91 Å². The summed E-state index contributed by atoms with van der Waals surface area (Å²) in [4.78, 5) is 12.6. The highest BCUT2D eigenvalue weighted by Crippen LogP contribution is 2.18. The third-order valence-electron chi connectivity index (χ3n) is 14.3. The number of aliphatic hydroxyl groups excluding tert-OH is 4. The van der Waals surface area contributed by atoms with Gasteiger partial charge in [-0.1, -0.05) is 281 Å². The summed E-state index contributed by atoms with van der Waals surface area (Å²) in [5, 5.41) is 44.0. The molecule has 0 aliphatic rings. The van der Waals surface area contributed by atoms with E-state index in [1.165, 1.54) is 250 Å². The summed E-state index contributed by atoms with van der Waals surface area (Å²) in [5.74, 6) is -0.594. The number of rotatable bonds is 56. The zero-order chi connectivity index (χ0) is 49.5. The van der Waals surface area contributed by atoms with Crippen LogP contribution in [0.5, 0.6) is 0 Å². The van der Waals surface area contributed by atoms with Gasteiger partial charge in [0.1, 0.15) is 12.2 Å². The van der Waals surface area contributed by atoms with Crippen molar-refractivity contribution in [2.75, 3.05) is 6.61 Å². The maximum atomic E-state index is 12.6. The van der Waals surface area contributed by atoms with Gasteiger partial charge in [0.05, 0.1) is 18.8 Å². The highest BCUT2D eigenvalue weighted by atomic mass is 16.3. The molecular formula is C62H119NO5. The van der Waals surface area contributed by atoms with Crippen LogP contribution in [0, 0.1) is 0 Å². The van der Waals surface area contributed by atoms with Crippen molar-refractivity contribution in [3.8, 4) is 0 Å². The van der Waals surface area contributed by atoms with E-state index in [0.29, 0.717) is 19.3 Å². The molecule has 0 bridgehead atoms. The second-order valence-corrected chi connectivity index (χ2v) is 21.0. The summed E-state index contributed by atoms with van der Waals surface area (Å²) in [6, 6.07) is -1.01. The van der Waals surface area contributed by atoms with Crippen LogP contribution in [0.25, 0.3) is 0 Å². The zero-order valence-corrected chi connectivity index (χ0v) is 45.6. The van der Waals surface area contributed by atoms with Gasteiger partial charge in [-0.05, 0) is 77.0 Å². The molecule has 0 aromatic heterocycles. The molecule has 5 N–H and O–H groups in total. The Balaban J connectivity index is 3.65. The lowest BCUT2D eigenvalue weighted by molar-refractivity contribution is -0.132. The van der Waals surface area contributed by atoms with E-state index >= 15 is 0 Å². The van der Waals surface area contributed by atoms with Crippen LogP contribution in [-0.4, -0.2) is 57.3 Å². The molecule has 0 saturated carbocycles. The average Bonchev–Trinajstić information content (AvgIpc) is 3.34. The third kappa shape index (κ3) is 49.5. The van der Waals surface area contributed by atoms with E-state index in [0.717, 1.165) is 38.5 Å². The highest BCUT2D eigenvalue weighted by Gasteiger charge is 2.28. The normalized spacial score (nSPS) is 13.9. The van der Waals surface area contributed by atoms with Crippen molar-refractivity contribution in [1.82, 2.24) is 5.32 Å². The Labute approximate surface area is 424 Å². The summed E-state index contributed by atoms with van der Waals surface area (Å²) in [6.45, 7) is 4.08. The summed E-state index contributed by atoms with van der Waals surface area (Å²) in [5.41, 5.74) is 0. The van der Waals surface area contributed by atoms with E-state index < -0.39 is 36.9 Å². The quantitative estimate of drug-likeness (QED) is 0.0308. The van der Waals surface area contributed by atoms with Crippen molar-refractivity contribution < 1.29 is 25.2 Å². The van der Waals surface area contributed by atoms with Crippen molar-refractivity contribution in [3.63, 3.8) is 0 Å². The average molecular weight is 959 g/mol. The maximum absolute atomic E-state index is 12.6. The van der Waals surface area contributed by atoms with Crippen LogP contribution in [0.15, 0.2) is 36.5 Å². The molecule has 0 aromatic carbocycles. The monoisotopic (exact) mass is 958 g/mol. The minimum Gasteiger partial charge on any atom is -0.394 e. The standard InChI is InChI=1S/C62H119NO5/c1-3-5-7-9-11-13-15-17-19-21-23-25-27-29-30-31-32-34-36-38-40-42-44-46-48-50-52-54-56-60(66)62(68)63-58(57-64)61(67)59(65)55-53-51-49-47-45-43-41-39-37-35-33-28-26-24-22-20-18-16-14-12-10-8-6-4-2/h29-30,39,41,47,49,58-61,64-67H,3-28,31-38,40,42-46,48,50-57H2,1-2H3,(H,63,68)/b30-29-,41-39+,49-47+. The Bertz CT molecular complexity index is 1080. The molecule has 0 aromatic rings. The number of hydrogen-bond acceptors (Lipinski definition) is 5. The molecule has 0 fully saturated rings. The fraction of sp³-hybridized carbons (Fsp3) is 0.887. The van der Waals surface area contributed by atoms with Gasteiger partial charge in [0.25, 0.3) is 0 Å². The van der Waals surface area contributed by atoms with Gasteiger partial charge in [-0.3, -0.25) is 4.79 Å². The maximum Gasteiger partial charge on any atom is 0.249 e. The Morgan fingerprint density at radius 1 is 0.353 bits per heavy atom. The Morgan fingerprint density at radius 2 is 0.618 bits per heavy atom. The molecule has 0 saturated heterocycles. The molecule has 6 nitrogen and oxygen atoms in total. The molecule has 0 rings (SSSR count). The van der Waals surface area contributed by atoms with E-state index in [9.17, 15) is 25.2 Å². The smallest absolute Gasteiger partial charge is 0.249 e. The van der Waals surface area contributed by atoms with Crippen LogP contribution in [0.1, 0.15) is 322 Å². The van der Waals surface area contributed by atoms with Gasteiger partial charge in [-0.2, -0.15) is 0 Å². The van der Waals surface area contributed by atoms with Crippen LogP contribution < -0.4 is 5.32 Å². The molecule has 68 heavy (non-hydrogen) atoms. The first-order chi connectivity index (χ1) is 33.5. The Hall–Kier alpha value is -1.47. The number of aliphatic hydroxyl groups is 4. The summed E-state index contributed by atoms with van der Waals surface area (Å²) in [6.07, 6.45) is 70.9. The van der Waals surface area contributed by atoms with Crippen LogP contribution >= 0.6 is 0 Å². The molecule has 0 radical (unpaired) electrons. The number of carbonyl (C=O) groups excluding carboxylic acids is 1. The molecule has 0 aliphatic heterocycles.